The molecule has 0 unspecified atom stereocenters. The minimum Gasteiger partial charge on any atom is -0.357 e. The number of sulfonamides is 1. The van der Waals surface area contributed by atoms with Gasteiger partial charge in [0.1, 0.15) is 0 Å². The summed E-state index contributed by atoms with van der Waals surface area (Å²) in [5.41, 5.74) is 0. The van der Waals surface area contributed by atoms with Crippen LogP contribution in [0.15, 0.2) is 57.7 Å². The Bertz CT molecular complexity index is 775. The summed E-state index contributed by atoms with van der Waals surface area (Å²) in [6.45, 7) is 4.25. The van der Waals surface area contributed by atoms with E-state index in [9.17, 15) is 8.42 Å². The van der Waals surface area contributed by atoms with E-state index in [4.69, 9.17) is 0 Å². The molecule has 0 amide bonds. The number of thiophene rings is 1. The quantitative estimate of drug-likeness (QED) is 0.388. The third kappa shape index (κ3) is 6.44. The van der Waals surface area contributed by atoms with Crippen molar-refractivity contribution in [2.75, 3.05) is 33.2 Å². The Hall–Kier alpha value is -1.90. The summed E-state index contributed by atoms with van der Waals surface area (Å²) < 4.78 is 27.0. The van der Waals surface area contributed by atoms with Crippen LogP contribution in [-0.2, 0) is 16.4 Å². The van der Waals surface area contributed by atoms with E-state index < -0.39 is 10.0 Å². The van der Waals surface area contributed by atoms with Gasteiger partial charge in [0, 0.05) is 31.6 Å². The summed E-state index contributed by atoms with van der Waals surface area (Å²) in [6.07, 6.45) is 0.958. The first-order chi connectivity index (χ1) is 12.5. The molecule has 1 aromatic carbocycles. The lowest BCUT2D eigenvalue weighted by atomic mass is 10.3. The zero-order valence-corrected chi connectivity index (χ0v) is 16.8. The molecular weight excluding hydrogens is 368 g/mol. The molecule has 0 saturated carbocycles. The van der Waals surface area contributed by atoms with E-state index in [-0.39, 0.29) is 11.4 Å². The molecule has 0 radical (unpaired) electrons. The second-order valence-corrected chi connectivity index (χ2v) is 8.50. The molecule has 142 valence electrons. The van der Waals surface area contributed by atoms with Crippen LogP contribution in [0.4, 0.5) is 0 Å². The third-order valence-electron chi connectivity index (χ3n) is 3.69. The fourth-order valence-corrected chi connectivity index (χ4v) is 4.07. The van der Waals surface area contributed by atoms with Crippen molar-refractivity contribution in [2.24, 2.45) is 4.99 Å². The maximum absolute atomic E-state index is 12.2. The summed E-state index contributed by atoms with van der Waals surface area (Å²) in [6, 6.07) is 12.5. The Balaban J connectivity index is 1.86. The molecule has 1 heterocycles. The van der Waals surface area contributed by atoms with Crippen LogP contribution >= 0.6 is 11.3 Å². The van der Waals surface area contributed by atoms with Crippen molar-refractivity contribution in [3.63, 3.8) is 0 Å². The first-order valence-electron chi connectivity index (χ1n) is 8.59. The lowest BCUT2D eigenvalue weighted by molar-refractivity contribution is 0.486. The highest BCUT2D eigenvalue weighted by atomic mass is 32.2. The van der Waals surface area contributed by atoms with Gasteiger partial charge in [0.25, 0.3) is 0 Å². The maximum atomic E-state index is 12.2. The molecule has 0 spiro atoms. The van der Waals surface area contributed by atoms with Crippen LogP contribution in [0.3, 0.4) is 0 Å². The standard InChI is InChI=1S/C18H26N4O2S2/c1-3-19-18(22(2)14-11-16-8-7-15-25-16)20-12-13-21-26(23,24)17-9-5-4-6-10-17/h4-10,15,21H,3,11-14H2,1-2H3,(H,19,20). The number of nitrogens with zero attached hydrogens (tertiary/aromatic N) is 2. The number of rotatable bonds is 9. The number of aliphatic imine (C=N–C) groups is 1. The minimum atomic E-state index is -3.48. The second kappa shape index (κ2) is 10.3. The number of nitrogens with one attached hydrogen (secondary N) is 2. The number of guanidine groups is 1. The van der Waals surface area contributed by atoms with E-state index in [0.29, 0.717) is 6.54 Å². The number of hydrogen-bond donors (Lipinski definition) is 2. The van der Waals surface area contributed by atoms with Gasteiger partial charge in [-0.3, -0.25) is 4.99 Å². The number of likely N-dealkylation sites (N-methyl/N-ethyl adjacent to an activating group) is 1. The molecule has 2 rings (SSSR count). The molecular formula is C18H26N4O2S2. The number of hydrogen-bond acceptors (Lipinski definition) is 4. The van der Waals surface area contributed by atoms with Gasteiger partial charge in [-0.25, -0.2) is 13.1 Å². The largest absolute Gasteiger partial charge is 0.357 e. The third-order valence-corrected chi connectivity index (χ3v) is 6.10. The van der Waals surface area contributed by atoms with Gasteiger partial charge in [0.05, 0.1) is 11.4 Å². The van der Waals surface area contributed by atoms with E-state index in [0.717, 1.165) is 25.5 Å². The van der Waals surface area contributed by atoms with Gasteiger partial charge in [0.2, 0.25) is 10.0 Å². The fraction of sp³-hybridized carbons (Fsp3) is 0.389. The zero-order chi connectivity index (χ0) is 18.8. The van der Waals surface area contributed by atoms with Crippen molar-refractivity contribution in [1.29, 1.82) is 0 Å². The SMILES string of the molecule is CCNC(=NCCNS(=O)(=O)c1ccccc1)N(C)CCc1cccs1. The van der Waals surface area contributed by atoms with Crippen LogP contribution in [-0.4, -0.2) is 52.5 Å². The lowest BCUT2D eigenvalue weighted by Crippen LogP contribution is -2.40. The second-order valence-electron chi connectivity index (χ2n) is 5.70. The Morgan fingerprint density at radius 1 is 1.19 bits per heavy atom. The molecule has 0 bridgehead atoms. The molecule has 0 aliphatic heterocycles. The van der Waals surface area contributed by atoms with E-state index in [1.807, 2.05) is 14.0 Å². The topological polar surface area (TPSA) is 73.8 Å². The van der Waals surface area contributed by atoms with Crippen molar-refractivity contribution in [1.82, 2.24) is 14.9 Å². The lowest BCUT2D eigenvalue weighted by Gasteiger charge is -2.21. The Labute approximate surface area is 160 Å². The predicted octanol–water partition coefficient (Wildman–Crippen LogP) is 2.17. The van der Waals surface area contributed by atoms with Crippen molar-refractivity contribution in [3.05, 3.63) is 52.7 Å². The van der Waals surface area contributed by atoms with Gasteiger partial charge >= 0.3 is 0 Å². The van der Waals surface area contributed by atoms with E-state index in [1.165, 1.54) is 4.88 Å². The number of benzene rings is 1. The summed E-state index contributed by atoms with van der Waals surface area (Å²) in [7, 11) is -1.49. The van der Waals surface area contributed by atoms with E-state index in [2.05, 4.69) is 37.4 Å². The fourth-order valence-electron chi connectivity index (χ4n) is 2.33. The molecule has 26 heavy (non-hydrogen) atoms. The van der Waals surface area contributed by atoms with Crippen molar-refractivity contribution < 1.29 is 8.42 Å². The molecule has 2 N–H and O–H groups in total. The van der Waals surface area contributed by atoms with Gasteiger partial charge < -0.3 is 10.2 Å². The van der Waals surface area contributed by atoms with Crippen molar-refractivity contribution >= 4 is 27.3 Å². The first kappa shape index (κ1) is 20.4. The highest BCUT2D eigenvalue weighted by Gasteiger charge is 2.12. The van der Waals surface area contributed by atoms with Gasteiger partial charge in [-0.05, 0) is 36.9 Å². The minimum absolute atomic E-state index is 0.255. The monoisotopic (exact) mass is 394 g/mol. The first-order valence-corrected chi connectivity index (χ1v) is 11.0. The smallest absolute Gasteiger partial charge is 0.240 e. The molecule has 6 nitrogen and oxygen atoms in total. The van der Waals surface area contributed by atoms with Crippen molar-refractivity contribution in [3.8, 4) is 0 Å². The summed E-state index contributed by atoms with van der Waals surface area (Å²) >= 11 is 1.75. The highest BCUT2D eigenvalue weighted by molar-refractivity contribution is 7.89. The maximum Gasteiger partial charge on any atom is 0.240 e. The Morgan fingerprint density at radius 3 is 2.62 bits per heavy atom. The molecule has 8 heteroatoms. The Morgan fingerprint density at radius 2 is 1.96 bits per heavy atom. The van der Waals surface area contributed by atoms with E-state index in [1.54, 1.807) is 41.7 Å². The summed E-state index contributed by atoms with van der Waals surface area (Å²) in [5.74, 6) is 0.781. The van der Waals surface area contributed by atoms with Gasteiger partial charge in [-0.2, -0.15) is 0 Å². The van der Waals surface area contributed by atoms with Crippen LogP contribution < -0.4 is 10.0 Å². The molecule has 1 aromatic heterocycles. The molecule has 2 aromatic rings. The van der Waals surface area contributed by atoms with Crippen LogP contribution in [0.25, 0.3) is 0 Å². The predicted molar refractivity (Wildman–Crippen MR) is 108 cm³/mol. The molecule has 0 atom stereocenters. The van der Waals surface area contributed by atoms with Crippen LogP contribution in [0.2, 0.25) is 0 Å². The molecule has 0 fully saturated rings. The molecule has 0 aliphatic rings. The summed E-state index contributed by atoms with van der Waals surface area (Å²) in [5, 5.41) is 5.32. The van der Waals surface area contributed by atoms with Gasteiger partial charge in [0.15, 0.2) is 5.96 Å². The summed E-state index contributed by atoms with van der Waals surface area (Å²) in [4.78, 5) is 8.19. The van der Waals surface area contributed by atoms with Crippen LogP contribution in [0, 0.1) is 0 Å². The van der Waals surface area contributed by atoms with Gasteiger partial charge in [-0.15, -0.1) is 11.3 Å². The zero-order valence-electron chi connectivity index (χ0n) is 15.2. The van der Waals surface area contributed by atoms with E-state index >= 15 is 0 Å². The Kier molecular flexibility index (Phi) is 8.08. The van der Waals surface area contributed by atoms with Crippen LogP contribution in [0.5, 0.6) is 0 Å². The average molecular weight is 395 g/mol. The van der Waals surface area contributed by atoms with Gasteiger partial charge in [-0.1, -0.05) is 24.3 Å². The van der Waals surface area contributed by atoms with Crippen LogP contribution in [0.1, 0.15) is 11.8 Å². The molecule has 0 aliphatic carbocycles. The normalized spacial score (nSPS) is 12.2. The highest BCUT2D eigenvalue weighted by Crippen LogP contribution is 2.09. The van der Waals surface area contributed by atoms with Crippen molar-refractivity contribution in [2.45, 2.75) is 18.2 Å². The average Bonchev–Trinajstić information content (AvgIpc) is 3.16. The molecule has 0 saturated heterocycles.